The molecule has 0 unspecified atom stereocenters. The molecule has 6 heteroatoms. The van der Waals surface area contributed by atoms with Gasteiger partial charge in [0.05, 0.1) is 11.8 Å². The first-order chi connectivity index (χ1) is 6.68. The van der Waals surface area contributed by atoms with Crippen molar-refractivity contribution in [2.75, 3.05) is 0 Å². The number of nitrogens with zero attached hydrogens (tertiary/aromatic N) is 2. The lowest BCUT2D eigenvalue weighted by molar-refractivity contribution is 0.0696. The van der Waals surface area contributed by atoms with Crippen molar-refractivity contribution >= 4 is 16.9 Å². The zero-order valence-corrected chi connectivity index (χ0v) is 6.89. The van der Waals surface area contributed by atoms with E-state index in [0.29, 0.717) is 5.39 Å². The minimum atomic E-state index is -1.08. The normalized spacial score (nSPS) is 10.3. The molecule has 2 rings (SSSR count). The third-order valence-corrected chi connectivity index (χ3v) is 1.75. The van der Waals surface area contributed by atoms with Gasteiger partial charge in [0, 0.05) is 11.6 Å². The predicted octanol–water partition coefficient (Wildman–Crippen LogP) is 0.0163. The molecule has 0 saturated heterocycles. The Hall–Kier alpha value is -2.24. The topological polar surface area (TPSA) is 95.9 Å². The van der Waals surface area contributed by atoms with Crippen LogP contribution in [-0.2, 0) is 0 Å². The van der Waals surface area contributed by atoms with Gasteiger partial charge in [-0.2, -0.15) is 5.10 Å². The van der Waals surface area contributed by atoms with Crippen molar-refractivity contribution in [2.45, 2.75) is 0 Å². The molecule has 2 N–H and O–H groups in total. The number of pyridine rings is 1. The Labute approximate surface area is 77.2 Å². The highest BCUT2D eigenvalue weighted by molar-refractivity contribution is 5.91. The number of aromatic carboxylic acids is 1. The predicted molar refractivity (Wildman–Crippen MR) is 47.1 cm³/mol. The fourth-order valence-electron chi connectivity index (χ4n) is 1.10. The highest BCUT2D eigenvalue weighted by atomic mass is 16.4. The van der Waals surface area contributed by atoms with Gasteiger partial charge in [-0.05, 0) is 6.07 Å². The number of carboxylic acids is 1. The van der Waals surface area contributed by atoms with E-state index in [1.54, 1.807) is 0 Å². The quantitative estimate of drug-likeness (QED) is 0.662. The highest BCUT2D eigenvalue weighted by Crippen LogP contribution is 2.07. The van der Waals surface area contributed by atoms with Gasteiger partial charge in [0.15, 0.2) is 0 Å². The fourth-order valence-corrected chi connectivity index (χ4v) is 1.10. The van der Waals surface area contributed by atoms with Crippen molar-refractivity contribution in [3.05, 3.63) is 34.4 Å². The van der Waals surface area contributed by atoms with Crippen LogP contribution in [0.25, 0.3) is 10.9 Å². The van der Waals surface area contributed by atoms with Gasteiger partial charge in [0.2, 0.25) is 0 Å². The molecule has 0 bridgehead atoms. The van der Waals surface area contributed by atoms with E-state index < -0.39 is 11.5 Å². The van der Waals surface area contributed by atoms with Crippen LogP contribution in [0.1, 0.15) is 10.4 Å². The maximum Gasteiger partial charge on any atom is 0.337 e. The van der Waals surface area contributed by atoms with Gasteiger partial charge >= 0.3 is 5.97 Å². The number of H-pyrrole nitrogens is 1. The molecule has 2 aromatic rings. The Morgan fingerprint density at radius 2 is 2.21 bits per heavy atom. The van der Waals surface area contributed by atoms with Crippen molar-refractivity contribution in [1.82, 2.24) is 15.2 Å². The van der Waals surface area contributed by atoms with E-state index in [0.717, 1.165) is 6.20 Å². The van der Waals surface area contributed by atoms with Gasteiger partial charge < -0.3 is 5.11 Å². The maximum absolute atomic E-state index is 11.1. The Morgan fingerprint density at radius 3 is 2.93 bits per heavy atom. The van der Waals surface area contributed by atoms with Crippen molar-refractivity contribution in [2.24, 2.45) is 0 Å². The molecular formula is C8H5N3O3. The molecular weight excluding hydrogens is 186 g/mol. The maximum atomic E-state index is 11.1. The van der Waals surface area contributed by atoms with Gasteiger partial charge in [-0.15, -0.1) is 0 Å². The Balaban J connectivity index is 2.80. The van der Waals surface area contributed by atoms with E-state index in [1.165, 1.54) is 12.3 Å². The molecule has 0 atom stereocenters. The molecule has 0 spiro atoms. The number of rotatable bonds is 1. The summed E-state index contributed by atoms with van der Waals surface area (Å²) in [6.07, 6.45) is 2.50. The minimum Gasteiger partial charge on any atom is -0.478 e. The van der Waals surface area contributed by atoms with Crippen LogP contribution in [-0.4, -0.2) is 26.3 Å². The second-order valence-corrected chi connectivity index (χ2v) is 2.67. The third-order valence-electron chi connectivity index (χ3n) is 1.75. The lowest BCUT2D eigenvalue weighted by Crippen LogP contribution is -2.10. The SMILES string of the molecule is O=C(O)c1cnc2c(=O)[nH]ncc2c1. The summed E-state index contributed by atoms with van der Waals surface area (Å²) in [6, 6.07) is 1.35. The van der Waals surface area contributed by atoms with Crippen molar-refractivity contribution in [1.29, 1.82) is 0 Å². The molecule has 2 heterocycles. The number of fused-ring (bicyclic) bond motifs is 1. The van der Waals surface area contributed by atoms with Gasteiger partial charge in [0.25, 0.3) is 5.56 Å². The standard InChI is InChI=1S/C8H5N3O3/c12-7-6-4(3-10-11-7)1-5(2-9-6)8(13)14/h1-3H,(H,11,12)(H,13,14). The van der Waals surface area contributed by atoms with Crippen LogP contribution in [0.4, 0.5) is 0 Å². The van der Waals surface area contributed by atoms with Crippen LogP contribution in [0.15, 0.2) is 23.3 Å². The largest absolute Gasteiger partial charge is 0.478 e. The number of hydrogen-bond donors (Lipinski definition) is 2. The average molecular weight is 191 g/mol. The average Bonchev–Trinajstić information content (AvgIpc) is 2.17. The van der Waals surface area contributed by atoms with E-state index in [9.17, 15) is 9.59 Å². The smallest absolute Gasteiger partial charge is 0.337 e. The lowest BCUT2D eigenvalue weighted by Gasteiger charge is -1.96. The number of aromatic nitrogens is 3. The number of carbonyl (C=O) groups is 1. The molecule has 14 heavy (non-hydrogen) atoms. The Kier molecular flexibility index (Phi) is 1.74. The highest BCUT2D eigenvalue weighted by Gasteiger charge is 2.06. The van der Waals surface area contributed by atoms with Crippen LogP contribution in [0.3, 0.4) is 0 Å². The number of aromatic amines is 1. The molecule has 70 valence electrons. The van der Waals surface area contributed by atoms with Crippen LogP contribution in [0.5, 0.6) is 0 Å². The zero-order chi connectivity index (χ0) is 10.1. The van der Waals surface area contributed by atoms with Gasteiger partial charge in [-0.1, -0.05) is 0 Å². The van der Waals surface area contributed by atoms with Gasteiger partial charge in [0.1, 0.15) is 5.52 Å². The molecule has 0 saturated carbocycles. The fraction of sp³-hybridized carbons (Fsp3) is 0. The van der Waals surface area contributed by atoms with Gasteiger partial charge in [-0.25, -0.2) is 14.9 Å². The number of carboxylic acid groups (broad SMARTS) is 1. The van der Waals surface area contributed by atoms with Crippen molar-refractivity contribution in [3.63, 3.8) is 0 Å². The Morgan fingerprint density at radius 1 is 1.43 bits per heavy atom. The summed E-state index contributed by atoms with van der Waals surface area (Å²) >= 11 is 0. The summed E-state index contributed by atoms with van der Waals surface area (Å²) < 4.78 is 0. The van der Waals surface area contributed by atoms with Crippen LogP contribution in [0, 0.1) is 0 Å². The second kappa shape index (κ2) is 2.91. The first kappa shape index (κ1) is 8.36. The summed E-state index contributed by atoms with van der Waals surface area (Å²) in [4.78, 5) is 25.5. The monoisotopic (exact) mass is 191 g/mol. The summed E-state index contributed by atoms with van der Waals surface area (Å²) in [7, 11) is 0. The molecule has 2 aromatic heterocycles. The lowest BCUT2D eigenvalue weighted by atomic mass is 10.2. The van der Waals surface area contributed by atoms with E-state index in [4.69, 9.17) is 5.11 Å². The molecule has 0 radical (unpaired) electrons. The number of nitrogens with one attached hydrogen (secondary N) is 1. The van der Waals surface area contributed by atoms with Crippen LogP contribution < -0.4 is 5.56 Å². The number of hydrogen-bond acceptors (Lipinski definition) is 4. The van der Waals surface area contributed by atoms with Crippen LogP contribution in [0.2, 0.25) is 0 Å². The van der Waals surface area contributed by atoms with E-state index in [1.807, 2.05) is 0 Å². The molecule has 0 aliphatic carbocycles. The van der Waals surface area contributed by atoms with Crippen molar-refractivity contribution < 1.29 is 9.90 Å². The first-order valence-corrected chi connectivity index (χ1v) is 3.75. The Bertz CT molecular complexity index is 561. The van der Waals surface area contributed by atoms with Crippen molar-refractivity contribution in [3.8, 4) is 0 Å². The van der Waals surface area contributed by atoms with E-state index in [2.05, 4.69) is 15.2 Å². The third kappa shape index (κ3) is 1.22. The molecule has 0 aliphatic rings. The molecule has 0 amide bonds. The second-order valence-electron chi connectivity index (χ2n) is 2.67. The molecule has 0 aromatic carbocycles. The van der Waals surface area contributed by atoms with Gasteiger partial charge in [-0.3, -0.25) is 4.79 Å². The van der Waals surface area contributed by atoms with Crippen LogP contribution >= 0.6 is 0 Å². The first-order valence-electron chi connectivity index (χ1n) is 3.75. The summed E-state index contributed by atoms with van der Waals surface area (Å²) in [5.41, 5.74) is -0.214. The summed E-state index contributed by atoms with van der Waals surface area (Å²) in [5, 5.41) is 14.8. The molecule has 6 nitrogen and oxygen atoms in total. The zero-order valence-electron chi connectivity index (χ0n) is 6.89. The van der Waals surface area contributed by atoms with E-state index in [-0.39, 0.29) is 11.1 Å². The summed E-state index contributed by atoms with van der Waals surface area (Å²) in [6.45, 7) is 0. The summed E-state index contributed by atoms with van der Waals surface area (Å²) in [5.74, 6) is -1.08. The molecule has 0 aliphatic heterocycles. The minimum absolute atomic E-state index is 0.0323. The van der Waals surface area contributed by atoms with E-state index >= 15 is 0 Å². The molecule has 0 fully saturated rings.